The van der Waals surface area contributed by atoms with Gasteiger partial charge in [0.2, 0.25) is 0 Å². The average Bonchev–Trinajstić information content (AvgIpc) is 3.09. The van der Waals surface area contributed by atoms with E-state index in [0.29, 0.717) is 6.54 Å². The average molecular weight is 284 g/mol. The van der Waals surface area contributed by atoms with Gasteiger partial charge in [-0.1, -0.05) is 30.3 Å². The number of aromatic nitrogens is 3. The monoisotopic (exact) mass is 284 g/mol. The van der Waals surface area contributed by atoms with Gasteiger partial charge in [0.25, 0.3) is 0 Å². The lowest BCUT2D eigenvalue weighted by molar-refractivity contribution is 0.684. The highest BCUT2D eigenvalue weighted by Gasteiger charge is 2.09. The predicted octanol–water partition coefficient (Wildman–Crippen LogP) is 3.13. The normalized spacial score (nSPS) is 10.8. The van der Waals surface area contributed by atoms with E-state index in [1.54, 1.807) is 0 Å². The molecule has 0 bridgehead atoms. The second-order valence-corrected chi connectivity index (χ2v) is 5.97. The standard InChI is InChI=1S/C15H16N4S/c1-11-7-8-13(20-11)9-16-10-14-15(18-19-17-14)12-5-3-2-4-6-12/h2-8,16H,9-10H2,1H3,(H,17,18,19). The molecule has 4 nitrogen and oxygen atoms in total. The molecule has 0 aliphatic carbocycles. The highest BCUT2D eigenvalue weighted by atomic mass is 32.1. The molecule has 20 heavy (non-hydrogen) atoms. The van der Waals surface area contributed by atoms with E-state index in [9.17, 15) is 0 Å². The van der Waals surface area contributed by atoms with Gasteiger partial charge in [-0.2, -0.15) is 15.4 Å². The summed E-state index contributed by atoms with van der Waals surface area (Å²) in [4.78, 5) is 2.68. The van der Waals surface area contributed by atoms with Crippen molar-refractivity contribution in [2.45, 2.75) is 20.0 Å². The molecule has 0 atom stereocenters. The summed E-state index contributed by atoms with van der Waals surface area (Å²) in [5.74, 6) is 0. The number of aromatic amines is 1. The van der Waals surface area contributed by atoms with Crippen LogP contribution >= 0.6 is 11.3 Å². The van der Waals surface area contributed by atoms with E-state index in [-0.39, 0.29) is 0 Å². The van der Waals surface area contributed by atoms with Gasteiger partial charge in [0.05, 0.1) is 0 Å². The van der Waals surface area contributed by atoms with E-state index in [0.717, 1.165) is 23.5 Å². The number of nitrogens with zero attached hydrogens (tertiary/aromatic N) is 2. The Morgan fingerprint density at radius 3 is 2.65 bits per heavy atom. The van der Waals surface area contributed by atoms with Gasteiger partial charge in [-0.15, -0.1) is 11.3 Å². The minimum atomic E-state index is 0.706. The largest absolute Gasteiger partial charge is 0.306 e. The Labute approximate surface area is 121 Å². The number of rotatable bonds is 5. The van der Waals surface area contributed by atoms with Crippen LogP contribution in [0.2, 0.25) is 0 Å². The summed E-state index contributed by atoms with van der Waals surface area (Å²) in [5.41, 5.74) is 2.95. The first-order chi connectivity index (χ1) is 9.83. The van der Waals surface area contributed by atoms with Crippen LogP contribution in [0.25, 0.3) is 11.3 Å². The van der Waals surface area contributed by atoms with E-state index < -0.39 is 0 Å². The van der Waals surface area contributed by atoms with Crippen molar-refractivity contribution < 1.29 is 0 Å². The summed E-state index contributed by atoms with van der Waals surface area (Å²) in [6, 6.07) is 14.4. The van der Waals surface area contributed by atoms with Gasteiger partial charge in [-0.25, -0.2) is 0 Å². The van der Waals surface area contributed by atoms with Crippen molar-refractivity contribution in [1.82, 2.24) is 20.7 Å². The number of benzene rings is 1. The van der Waals surface area contributed by atoms with Crippen LogP contribution in [-0.2, 0) is 13.1 Å². The minimum absolute atomic E-state index is 0.706. The predicted molar refractivity (Wildman–Crippen MR) is 81.4 cm³/mol. The molecule has 1 aromatic carbocycles. The van der Waals surface area contributed by atoms with Crippen molar-refractivity contribution in [2.24, 2.45) is 0 Å². The second-order valence-electron chi connectivity index (χ2n) is 4.60. The molecule has 0 radical (unpaired) electrons. The third-order valence-corrected chi connectivity index (χ3v) is 4.06. The summed E-state index contributed by atoms with van der Waals surface area (Å²) in [6.45, 7) is 3.69. The molecule has 0 saturated carbocycles. The molecule has 2 N–H and O–H groups in total. The Morgan fingerprint density at radius 2 is 1.90 bits per heavy atom. The molecule has 3 rings (SSSR count). The van der Waals surface area contributed by atoms with Crippen LogP contribution in [0.4, 0.5) is 0 Å². The lowest BCUT2D eigenvalue weighted by Crippen LogP contribution is -2.12. The summed E-state index contributed by atoms with van der Waals surface area (Å²) < 4.78 is 0. The molecular formula is C15H16N4S. The first-order valence-corrected chi connectivity index (χ1v) is 7.35. The summed E-state index contributed by atoms with van der Waals surface area (Å²) in [5, 5.41) is 14.6. The molecule has 0 amide bonds. The highest BCUT2D eigenvalue weighted by Crippen LogP contribution is 2.19. The maximum Gasteiger partial charge on any atom is 0.117 e. The minimum Gasteiger partial charge on any atom is -0.306 e. The zero-order valence-electron chi connectivity index (χ0n) is 11.3. The fourth-order valence-electron chi connectivity index (χ4n) is 2.09. The van der Waals surface area contributed by atoms with Crippen LogP contribution in [0.1, 0.15) is 15.4 Å². The zero-order valence-corrected chi connectivity index (χ0v) is 12.1. The smallest absolute Gasteiger partial charge is 0.117 e. The van der Waals surface area contributed by atoms with Gasteiger partial charge >= 0.3 is 0 Å². The Morgan fingerprint density at radius 1 is 1.05 bits per heavy atom. The topological polar surface area (TPSA) is 53.6 Å². The van der Waals surface area contributed by atoms with E-state index in [1.807, 2.05) is 41.7 Å². The first-order valence-electron chi connectivity index (χ1n) is 6.54. The number of hydrogen-bond donors (Lipinski definition) is 2. The van der Waals surface area contributed by atoms with Gasteiger partial charge in [-0.05, 0) is 19.1 Å². The molecule has 102 valence electrons. The van der Waals surface area contributed by atoms with Crippen molar-refractivity contribution in [3.05, 3.63) is 57.9 Å². The number of H-pyrrole nitrogens is 1. The quantitative estimate of drug-likeness (QED) is 0.757. The fourth-order valence-corrected chi connectivity index (χ4v) is 2.95. The molecule has 0 aliphatic heterocycles. The van der Waals surface area contributed by atoms with Crippen molar-refractivity contribution in [3.8, 4) is 11.3 Å². The number of aryl methyl sites for hydroxylation is 1. The molecule has 3 aromatic rings. The third-order valence-electron chi connectivity index (χ3n) is 3.06. The molecular weight excluding hydrogens is 268 g/mol. The maximum atomic E-state index is 4.24. The van der Waals surface area contributed by atoms with Crippen LogP contribution in [0.5, 0.6) is 0 Å². The zero-order chi connectivity index (χ0) is 13.8. The molecule has 2 aromatic heterocycles. The van der Waals surface area contributed by atoms with Gasteiger partial charge in [0.15, 0.2) is 0 Å². The van der Waals surface area contributed by atoms with Gasteiger partial charge in [0.1, 0.15) is 11.4 Å². The van der Waals surface area contributed by atoms with Gasteiger partial charge in [-0.3, -0.25) is 0 Å². The second kappa shape index (κ2) is 5.98. The van der Waals surface area contributed by atoms with Crippen molar-refractivity contribution in [3.63, 3.8) is 0 Å². The fraction of sp³-hybridized carbons (Fsp3) is 0.200. The Kier molecular flexibility index (Phi) is 3.90. The SMILES string of the molecule is Cc1ccc(CNCc2n[nH]nc2-c2ccccc2)s1. The van der Waals surface area contributed by atoms with E-state index in [1.165, 1.54) is 9.75 Å². The molecule has 0 saturated heterocycles. The highest BCUT2D eigenvalue weighted by molar-refractivity contribution is 7.11. The third kappa shape index (κ3) is 2.95. The van der Waals surface area contributed by atoms with E-state index in [4.69, 9.17) is 0 Å². The van der Waals surface area contributed by atoms with Gasteiger partial charge < -0.3 is 5.32 Å². The van der Waals surface area contributed by atoms with Crippen LogP contribution < -0.4 is 5.32 Å². The van der Waals surface area contributed by atoms with Crippen LogP contribution in [0.3, 0.4) is 0 Å². The van der Waals surface area contributed by atoms with Crippen LogP contribution in [0, 0.1) is 6.92 Å². The molecule has 0 aliphatic rings. The van der Waals surface area contributed by atoms with Crippen molar-refractivity contribution >= 4 is 11.3 Å². The van der Waals surface area contributed by atoms with Crippen LogP contribution in [0.15, 0.2) is 42.5 Å². The molecule has 0 fully saturated rings. The number of thiophene rings is 1. The molecule has 5 heteroatoms. The van der Waals surface area contributed by atoms with Crippen molar-refractivity contribution in [1.29, 1.82) is 0 Å². The summed E-state index contributed by atoms with van der Waals surface area (Å²) in [7, 11) is 0. The van der Waals surface area contributed by atoms with Gasteiger partial charge in [0, 0.05) is 28.4 Å². The van der Waals surface area contributed by atoms with E-state index in [2.05, 4.69) is 39.8 Å². The Balaban J connectivity index is 1.65. The molecule has 0 unspecified atom stereocenters. The summed E-state index contributed by atoms with van der Waals surface area (Å²) in [6.07, 6.45) is 0. The van der Waals surface area contributed by atoms with E-state index >= 15 is 0 Å². The Hall–Kier alpha value is -1.98. The maximum absolute atomic E-state index is 4.24. The molecule has 2 heterocycles. The summed E-state index contributed by atoms with van der Waals surface area (Å²) >= 11 is 1.82. The van der Waals surface area contributed by atoms with Crippen molar-refractivity contribution in [2.75, 3.05) is 0 Å². The number of nitrogens with one attached hydrogen (secondary N) is 2. The lowest BCUT2D eigenvalue weighted by Gasteiger charge is -2.02. The first kappa shape index (κ1) is 13.0. The van der Waals surface area contributed by atoms with Crippen LogP contribution in [-0.4, -0.2) is 15.4 Å². The number of hydrogen-bond acceptors (Lipinski definition) is 4. The Bertz CT molecular complexity index is 672. The molecule has 0 spiro atoms. The lowest BCUT2D eigenvalue weighted by atomic mass is 10.1.